The van der Waals surface area contributed by atoms with Gasteiger partial charge in [0.15, 0.2) is 0 Å². The number of allylic oxidation sites excluding steroid dienone is 1. The second kappa shape index (κ2) is 9.31. The number of carbonyl (C=O) groups excluding carboxylic acids is 1. The first-order valence-corrected chi connectivity index (χ1v) is 12.0. The van der Waals surface area contributed by atoms with E-state index in [4.69, 9.17) is 5.10 Å². The van der Waals surface area contributed by atoms with Gasteiger partial charge in [-0.05, 0) is 61.4 Å². The summed E-state index contributed by atoms with van der Waals surface area (Å²) in [6.07, 6.45) is 0. The third kappa shape index (κ3) is 4.48. The summed E-state index contributed by atoms with van der Waals surface area (Å²) in [7, 11) is 4.02. The minimum Gasteiger partial charge on any atom is -0.378 e. The van der Waals surface area contributed by atoms with Crippen LogP contribution in [0.4, 0.5) is 17.3 Å². The van der Waals surface area contributed by atoms with Gasteiger partial charge < -0.3 is 15.5 Å². The van der Waals surface area contributed by atoms with Gasteiger partial charge in [-0.15, -0.1) is 5.10 Å². The van der Waals surface area contributed by atoms with Gasteiger partial charge in [-0.2, -0.15) is 4.98 Å². The lowest BCUT2D eigenvalue weighted by Crippen LogP contribution is -2.31. The number of benzene rings is 2. The fourth-order valence-corrected chi connectivity index (χ4v) is 4.51. The highest BCUT2D eigenvalue weighted by atomic mass is 32.2. The third-order valence-electron chi connectivity index (χ3n) is 5.93. The number of hydrogen-bond donors (Lipinski definition) is 2. The first-order valence-electron chi connectivity index (χ1n) is 11.0. The van der Waals surface area contributed by atoms with Crippen molar-refractivity contribution in [2.45, 2.75) is 38.9 Å². The first-order chi connectivity index (χ1) is 15.8. The van der Waals surface area contributed by atoms with Crippen molar-refractivity contribution in [1.29, 1.82) is 0 Å². The van der Waals surface area contributed by atoms with Gasteiger partial charge in [0.25, 0.3) is 5.91 Å². The maximum atomic E-state index is 13.7. The van der Waals surface area contributed by atoms with E-state index in [2.05, 4.69) is 51.7 Å². The highest BCUT2D eigenvalue weighted by Crippen LogP contribution is 2.37. The Labute approximate surface area is 199 Å². The minimum absolute atomic E-state index is 0.152. The molecule has 0 aliphatic carbocycles. The van der Waals surface area contributed by atoms with E-state index < -0.39 is 0 Å². The largest absolute Gasteiger partial charge is 0.378 e. The van der Waals surface area contributed by atoms with Crippen molar-refractivity contribution in [2.75, 3.05) is 35.4 Å². The molecule has 0 saturated heterocycles. The molecule has 1 amide bonds. The Balaban J connectivity index is 1.78. The molecule has 1 aromatic heterocycles. The van der Waals surface area contributed by atoms with Gasteiger partial charge in [-0.3, -0.25) is 4.79 Å². The van der Waals surface area contributed by atoms with Crippen molar-refractivity contribution in [2.24, 2.45) is 0 Å². The summed E-state index contributed by atoms with van der Waals surface area (Å²) in [6, 6.07) is 13.8. The Kier molecular flexibility index (Phi) is 6.47. The maximum absolute atomic E-state index is 13.7. The lowest BCUT2D eigenvalue weighted by molar-refractivity contribution is -0.113. The summed E-state index contributed by atoms with van der Waals surface area (Å²) in [5.74, 6) is 1.37. The molecular formula is C25H30N6OS. The van der Waals surface area contributed by atoms with E-state index in [1.165, 1.54) is 0 Å². The van der Waals surface area contributed by atoms with Gasteiger partial charge in [0.05, 0.1) is 5.57 Å². The van der Waals surface area contributed by atoms with Crippen LogP contribution in [-0.4, -0.2) is 40.5 Å². The zero-order valence-electron chi connectivity index (χ0n) is 19.9. The molecule has 33 heavy (non-hydrogen) atoms. The van der Waals surface area contributed by atoms with Gasteiger partial charge in [0.1, 0.15) is 6.04 Å². The van der Waals surface area contributed by atoms with E-state index >= 15 is 0 Å². The van der Waals surface area contributed by atoms with Crippen LogP contribution in [0.25, 0.3) is 0 Å². The number of nitrogens with zero attached hydrogens (tertiary/aromatic N) is 4. The standard InChI is InChI=1S/C25H30N6OS/c1-7-33-25-28-24-26-17(4)21(23(32)27-20-10-8-9-15(2)16(20)3)22(31(24)29-25)18-11-13-19(14-12-18)30(5)6/h8-14,22H,7H2,1-6H3,(H,27,32)(H,26,28,29). The Morgan fingerprint density at radius 3 is 2.55 bits per heavy atom. The molecule has 4 rings (SSSR count). The van der Waals surface area contributed by atoms with E-state index in [1.807, 2.05) is 57.7 Å². The predicted molar refractivity (Wildman–Crippen MR) is 136 cm³/mol. The molecule has 0 spiro atoms. The number of fused-ring (bicyclic) bond motifs is 1. The lowest BCUT2D eigenvalue weighted by Gasteiger charge is -2.29. The van der Waals surface area contributed by atoms with Crippen LogP contribution >= 0.6 is 11.8 Å². The average molecular weight is 463 g/mol. The Hall–Kier alpha value is -3.26. The van der Waals surface area contributed by atoms with Crippen LogP contribution in [0.5, 0.6) is 0 Å². The van der Waals surface area contributed by atoms with Gasteiger partial charge in [-0.25, -0.2) is 4.68 Å². The Bertz CT molecular complexity index is 1210. The highest BCUT2D eigenvalue weighted by molar-refractivity contribution is 7.99. The third-order valence-corrected chi connectivity index (χ3v) is 6.65. The van der Waals surface area contributed by atoms with E-state index in [0.29, 0.717) is 16.7 Å². The van der Waals surface area contributed by atoms with E-state index in [9.17, 15) is 4.79 Å². The molecule has 0 bridgehead atoms. The molecule has 2 aromatic carbocycles. The van der Waals surface area contributed by atoms with E-state index in [-0.39, 0.29) is 11.9 Å². The second-order valence-corrected chi connectivity index (χ2v) is 9.58. The first kappa shape index (κ1) is 22.9. The minimum atomic E-state index is -0.388. The number of thioether (sulfide) groups is 1. The molecule has 1 aliphatic heterocycles. The van der Waals surface area contributed by atoms with Crippen molar-refractivity contribution in [3.05, 3.63) is 70.4 Å². The highest BCUT2D eigenvalue weighted by Gasteiger charge is 2.34. The molecular weight excluding hydrogens is 432 g/mol. The van der Waals surface area contributed by atoms with Gasteiger partial charge in [0.2, 0.25) is 11.1 Å². The summed E-state index contributed by atoms with van der Waals surface area (Å²) in [6.45, 7) is 8.06. The summed E-state index contributed by atoms with van der Waals surface area (Å²) >= 11 is 1.58. The summed E-state index contributed by atoms with van der Waals surface area (Å²) in [5.41, 5.74) is 6.47. The topological polar surface area (TPSA) is 75.1 Å². The average Bonchev–Trinajstić information content (AvgIpc) is 3.18. The zero-order valence-corrected chi connectivity index (χ0v) is 20.7. The molecule has 8 heteroatoms. The normalized spacial score (nSPS) is 15.2. The number of anilines is 3. The number of aromatic nitrogens is 3. The van der Waals surface area contributed by atoms with Crippen LogP contribution in [0, 0.1) is 13.8 Å². The summed E-state index contributed by atoms with van der Waals surface area (Å²) in [4.78, 5) is 20.4. The number of amides is 1. The predicted octanol–water partition coefficient (Wildman–Crippen LogP) is 5.00. The van der Waals surface area contributed by atoms with E-state index in [1.54, 1.807) is 11.8 Å². The molecule has 1 atom stereocenters. The molecule has 2 N–H and O–H groups in total. The summed E-state index contributed by atoms with van der Waals surface area (Å²) in [5, 5.41) is 11.9. The number of aryl methyl sites for hydroxylation is 1. The molecule has 1 unspecified atom stereocenters. The van der Waals surface area contributed by atoms with E-state index in [0.717, 1.165) is 39.5 Å². The number of hydrogen-bond acceptors (Lipinski definition) is 6. The molecule has 0 radical (unpaired) electrons. The molecule has 3 aromatic rings. The fourth-order valence-electron chi connectivity index (χ4n) is 3.95. The van der Waals surface area contributed by atoms with Gasteiger partial charge in [0, 0.05) is 31.2 Å². The lowest BCUT2D eigenvalue weighted by atomic mass is 9.94. The van der Waals surface area contributed by atoms with Crippen molar-refractivity contribution < 1.29 is 4.79 Å². The second-order valence-electron chi connectivity index (χ2n) is 8.35. The zero-order chi connectivity index (χ0) is 23.7. The van der Waals surface area contributed by atoms with Crippen LogP contribution in [0.1, 0.15) is 36.6 Å². The molecule has 1 aliphatic rings. The van der Waals surface area contributed by atoms with Crippen molar-refractivity contribution >= 4 is 35.0 Å². The van der Waals surface area contributed by atoms with Crippen LogP contribution in [0.3, 0.4) is 0 Å². The number of carbonyl (C=O) groups is 1. The van der Waals surface area contributed by atoms with Crippen molar-refractivity contribution in [3.8, 4) is 0 Å². The Morgan fingerprint density at radius 2 is 1.88 bits per heavy atom. The SMILES string of the molecule is CCSc1nc2n(n1)C(c1ccc(N(C)C)cc1)C(C(=O)Nc1cccc(C)c1C)=C(C)N2. The smallest absolute Gasteiger partial charge is 0.255 e. The molecule has 2 heterocycles. The quantitative estimate of drug-likeness (QED) is 0.502. The molecule has 0 fully saturated rings. The van der Waals surface area contributed by atoms with Crippen LogP contribution in [0.15, 0.2) is 58.9 Å². The van der Waals surface area contributed by atoms with Crippen LogP contribution in [-0.2, 0) is 4.79 Å². The van der Waals surface area contributed by atoms with Gasteiger partial charge in [-0.1, -0.05) is 43.0 Å². The number of rotatable bonds is 6. The Morgan fingerprint density at radius 1 is 1.15 bits per heavy atom. The van der Waals surface area contributed by atoms with Crippen LogP contribution in [0.2, 0.25) is 0 Å². The monoisotopic (exact) mass is 462 g/mol. The molecule has 7 nitrogen and oxygen atoms in total. The molecule has 0 saturated carbocycles. The maximum Gasteiger partial charge on any atom is 0.255 e. The fraction of sp³-hybridized carbons (Fsp3) is 0.320. The van der Waals surface area contributed by atoms with Gasteiger partial charge >= 0.3 is 0 Å². The van der Waals surface area contributed by atoms with Crippen molar-refractivity contribution in [3.63, 3.8) is 0 Å². The van der Waals surface area contributed by atoms with Crippen molar-refractivity contribution in [1.82, 2.24) is 14.8 Å². The molecule has 172 valence electrons. The van der Waals surface area contributed by atoms with Crippen LogP contribution < -0.4 is 15.5 Å². The number of nitrogens with one attached hydrogen (secondary N) is 2. The summed E-state index contributed by atoms with van der Waals surface area (Å²) < 4.78 is 1.83.